The lowest BCUT2D eigenvalue weighted by molar-refractivity contribution is -0.157. The number of amides is 2. The smallest absolute Gasteiger partial charge is 0.249 e. The third-order valence-electron chi connectivity index (χ3n) is 4.55. The summed E-state index contributed by atoms with van der Waals surface area (Å²) < 4.78 is 5.36. The molecule has 3 rings (SSSR count). The summed E-state index contributed by atoms with van der Waals surface area (Å²) in [7, 11) is 0. The second-order valence-electron chi connectivity index (χ2n) is 5.87. The van der Waals surface area contributed by atoms with Gasteiger partial charge in [-0.05, 0) is 39.0 Å². The van der Waals surface area contributed by atoms with Crippen LogP contribution in [0, 0.1) is 5.92 Å². The number of nitrogens with zero attached hydrogens (tertiary/aromatic N) is 1. The highest BCUT2D eigenvalue weighted by atomic mass is 16.5. The van der Waals surface area contributed by atoms with Crippen LogP contribution in [-0.4, -0.2) is 47.6 Å². The van der Waals surface area contributed by atoms with Crippen LogP contribution in [0.4, 0.5) is 0 Å². The molecule has 1 N–H and O–H groups in total. The molecule has 3 fully saturated rings. The molecule has 1 aliphatic carbocycles. The van der Waals surface area contributed by atoms with E-state index in [0.717, 1.165) is 19.3 Å². The van der Waals surface area contributed by atoms with Gasteiger partial charge in [0.05, 0.1) is 12.6 Å². The molecule has 18 heavy (non-hydrogen) atoms. The zero-order chi connectivity index (χ0) is 12.9. The maximum atomic E-state index is 12.7. The van der Waals surface area contributed by atoms with E-state index in [4.69, 9.17) is 4.74 Å². The van der Waals surface area contributed by atoms with Gasteiger partial charge in [0.25, 0.3) is 0 Å². The van der Waals surface area contributed by atoms with E-state index in [-0.39, 0.29) is 23.9 Å². The van der Waals surface area contributed by atoms with Gasteiger partial charge in [-0.3, -0.25) is 9.59 Å². The molecule has 5 heteroatoms. The van der Waals surface area contributed by atoms with Crippen LogP contribution in [-0.2, 0) is 14.3 Å². The Balaban J connectivity index is 1.89. The van der Waals surface area contributed by atoms with E-state index in [1.807, 2.05) is 6.92 Å². The number of carbonyl (C=O) groups excluding carboxylic acids is 2. The minimum absolute atomic E-state index is 0.0316. The molecule has 0 bridgehead atoms. The third kappa shape index (κ3) is 1.64. The Labute approximate surface area is 107 Å². The summed E-state index contributed by atoms with van der Waals surface area (Å²) in [6.07, 6.45) is 2.90. The Morgan fingerprint density at radius 3 is 2.61 bits per heavy atom. The van der Waals surface area contributed by atoms with Crippen LogP contribution in [0.15, 0.2) is 0 Å². The van der Waals surface area contributed by atoms with E-state index in [9.17, 15) is 9.59 Å². The van der Waals surface area contributed by atoms with E-state index in [1.165, 1.54) is 0 Å². The van der Waals surface area contributed by atoms with Gasteiger partial charge in [0, 0.05) is 6.61 Å². The van der Waals surface area contributed by atoms with Gasteiger partial charge in [0.15, 0.2) is 0 Å². The highest BCUT2D eigenvalue weighted by Crippen LogP contribution is 2.42. The molecule has 0 aromatic carbocycles. The number of nitrogens with one attached hydrogen (secondary N) is 1. The van der Waals surface area contributed by atoms with Gasteiger partial charge in [-0.1, -0.05) is 0 Å². The van der Waals surface area contributed by atoms with E-state index in [2.05, 4.69) is 5.32 Å². The van der Waals surface area contributed by atoms with Crippen LogP contribution >= 0.6 is 0 Å². The van der Waals surface area contributed by atoms with Gasteiger partial charge in [-0.15, -0.1) is 0 Å². The topological polar surface area (TPSA) is 58.6 Å². The Kier molecular flexibility index (Phi) is 2.62. The Hall–Kier alpha value is -1.10. The Morgan fingerprint density at radius 2 is 2.06 bits per heavy atom. The lowest BCUT2D eigenvalue weighted by Crippen LogP contribution is -2.71. The highest BCUT2D eigenvalue weighted by molar-refractivity contribution is 6.00. The van der Waals surface area contributed by atoms with Gasteiger partial charge >= 0.3 is 0 Å². The summed E-state index contributed by atoms with van der Waals surface area (Å²) in [6.45, 7) is 4.92. The monoisotopic (exact) mass is 252 g/mol. The fourth-order valence-corrected chi connectivity index (χ4v) is 3.15. The first kappa shape index (κ1) is 12.0. The van der Waals surface area contributed by atoms with Crippen molar-refractivity contribution in [3.05, 3.63) is 0 Å². The van der Waals surface area contributed by atoms with Crippen LogP contribution < -0.4 is 5.32 Å². The largest absolute Gasteiger partial charge is 0.379 e. The average molecular weight is 252 g/mol. The van der Waals surface area contributed by atoms with Crippen molar-refractivity contribution < 1.29 is 14.3 Å². The summed E-state index contributed by atoms with van der Waals surface area (Å²) in [6, 6.07) is -0.312. The van der Waals surface area contributed by atoms with Crippen molar-refractivity contribution in [3.8, 4) is 0 Å². The zero-order valence-corrected chi connectivity index (χ0v) is 10.9. The molecule has 3 unspecified atom stereocenters. The van der Waals surface area contributed by atoms with E-state index in [0.29, 0.717) is 19.1 Å². The van der Waals surface area contributed by atoms with E-state index < -0.39 is 5.54 Å². The van der Waals surface area contributed by atoms with Crippen molar-refractivity contribution >= 4 is 11.8 Å². The molecule has 5 nitrogen and oxygen atoms in total. The molecule has 2 aliphatic heterocycles. The summed E-state index contributed by atoms with van der Waals surface area (Å²) in [5.74, 6) is 0.356. The number of carbonyl (C=O) groups is 2. The molecule has 0 aromatic heterocycles. The first-order valence-electron chi connectivity index (χ1n) is 6.76. The van der Waals surface area contributed by atoms with Crippen molar-refractivity contribution in [2.75, 3.05) is 13.2 Å². The van der Waals surface area contributed by atoms with Gasteiger partial charge in [-0.2, -0.15) is 0 Å². The van der Waals surface area contributed by atoms with Crippen LogP contribution in [0.1, 0.15) is 33.1 Å². The second-order valence-corrected chi connectivity index (χ2v) is 5.87. The number of ether oxygens (including phenoxy) is 1. The number of hydrogen-bond acceptors (Lipinski definition) is 3. The molecule has 0 aromatic rings. The molecular weight excluding hydrogens is 232 g/mol. The molecular formula is C13H20N2O3. The molecule has 3 atom stereocenters. The maximum absolute atomic E-state index is 12.7. The summed E-state index contributed by atoms with van der Waals surface area (Å²) in [5, 5.41) is 2.94. The summed E-state index contributed by atoms with van der Waals surface area (Å²) in [4.78, 5) is 26.6. The van der Waals surface area contributed by atoms with Gasteiger partial charge < -0.3 is 15.0 Å². The quantitative estimate of drug-likeness (QED) is 0.768. The normalized spacial score (nSPS) is 41.1. The van der Waals surface area contributed by atoms with Crippen LogP contribution in [0.3, 0.4) is 0 Å². The molecule has 0 radical (unpaired) electrons. The first-order chi connectivity index (χ1) is 8.54. The Morgan fingerprint density at radius 1 is 1.33 bits per heavy atom. The molecule has 3 aliphatic rings. The molecule has 2 saturated heterocycles. The van der Waals surface area contributed by atoms with Crippen LogP contribution in [0.25, 0.3) is 0 Å². The SMILES string of the molecule is CC1C(=O)NC(C)(C2CC2)C(=O)N1C1CCOC1. The standard InChI is InChI=1S/C13H20N2O3/c1-8-11(16)14-13(2,9-3-4-9)12(17)15(8)10-5-6-18-7-10/h8-10H,3-7H2,1-2H3,(H,14,16). The fraction of sp³-hybridized carbons (Fsp3) is 0.846. The predicted molar refractivity (Wildman–Crippen MR) is 64.8 cm³/mol. The maximum Gasteiger partial charge on any atom is 0.249 e. The Bertz CT molecular complexity index is 388. The zero-order valence-electron chi connectivity index (χ0n) is 10.9. The van der Waals surface area contributed by atoms with Gasteiger partial charge in [0.1, 0.15) is 11.6 Å². The fourth-order valence-electron chi connectivity index (χ4n) is 3.15. The third-order valence-corrected chi connectivity index (χ3v) is 4.55. The molecule has 2 amide bonds. The van der Waals surface area contributed by atoms with Crippen LogP contribution in [0.2, 0.25) is 0 Å². The molecule has 100 valence electrons. The van der Waals surface area contributed by atoms with E-state index in [1.54, 1.807) is 11.8 Å². The van der Waals surface area contributed by atoms with Crippen molar-refractivity contribution in [2.45, 2.75) is 50.7 Å². The minimum atomic E-state index is -0.688. The number of hydrogen-bond donors (Lipinski definition) is 1. The second kappa shape index (κ2) is 3.95. The lowest BCUT2D eigenvalue weighted by Gasteiger charge is -2.45. The minimum Gasteiger partial charge on any atom is -0.379 e. The van der Waals surface area contributed by atoms with Crippen molar-refractivity contribution in [2.24, 2.45) is 5.92 Å². The van der Waals surface area contributed by atoms with Gasteiger partial charge in [-0.25, -0.2) is 0 Å². The lowest BCUT2D eigenvalue weighted by atomic mass is 9.88. The van der Waals surface area contributed by atoms with Crippen LogP contribution in [0.5, 0.6) is 0 Å². The first-order valence-corrected chi connectivity index (χ1v) is 6.76. The number of rotatable bonds is 2. The predicted octanol–water partition coefficient (Wildman–Crippen LogP) is 0.291. The van der Waals surface area contributed by atoms with Crippen molar-refractivity contribution in [1.82, 2.24) is 10.2 Å². The van der Waals surface area contributed by atoms with E-state index >= 15 is 0 Å². The summed E-state index contributed by atoms with van der Waals surface area (Å²) >= 11 is 0. The summed E-state index contributed by atoms with van der Waals surface area (Å²) in [5.41, 5.74) is -0.688. The molecule has 1 saturated carbocycles. The number of piperazine rings is 1. The average Bonchev–Trinajstić information content (AvgIpc) is 3.06. The van der Waals surface area contributed by atoms with Crippen molar-refractivity contribution in [3.63, 3.8) is 0 Å². The van der Waals surface area contributed by atoms with Gasteiger partial charge in [0.2, 0.25) is 11.8 Å². The molecule has 0 spiro atoms. The highest BCUT2D eigenvalue weighted by Gasteiger charge is 2.55. The van der Waals surface area contributed by atoms with Crippen molar-refractivity contribution in [1.29, 1.82) is 0 Å². The molecule has 2 heterocycles.